The van der Waals surface area contributed by atoms with Crippen molar-refractivity contribution in [3.63, 3.8) is 0 Å². The van der Waals surface area contributed by atoms with E-state index in [0.717, 1.165) is 18.4 Å². The first-order valence-corrected chi connectivity index (χ1v) is 10.0. The van der Waals surface area contributed by atoms with Crippen LogP contribution in [0.3, 0.4) is 0 Å². The second-order valence-corrected chi connectivity index (χ2v) is 7.53. The van der Waals surface area contributed by atoms with Gasteiger partial charge in [-0.15, -0.1) is 17.1 Å². The number of nitrogens with zero attached hydrogens (tertiary/aromatic N) is 1. The summed E-state index contributed by atoms with van der Waals surface area (Å²) in [4.78, 5) is 4.14. The van der Waals surface area contributed by atoms with E-state index in [1.54, 1.807) is 11.3 Å². The predicted octanol–water partition coefficient (Wildman–Crippen LogP) is 6.91. The molecule has 0 fully saturated rings. The van der Waals surface area contributed by atoms with Crippen molar-refractivity contribution >= 4 is 27.6 Å². The lowest BCUT2D eigenvalue weighted by Crippen LogP contribution is -1.96. The van der Waals surface area contributed by atoms with Crippen LogP contribution in [0.15, 0.2) is 101 Å². The van der Waals surface area contributed by atoms with Gasteiger partial charge in [-0.2, -0.15) is 0 Å². The fraction of sp³-hybridized carbons (Fsp3) is 0.120. The smallest absolute Gasteiger partial charge is 0.0812 e. The molecule has 0 atom stereocenters. The molecule has 0 N–H and O–H groups in total. The highest BCUT2D eigenvalue weighted by atomic mass is 32.1. The Kier molecular flexibility index (Phi) is 5.29. The molecule has 0 bridgehead atoms. The predicted molar refractivity (Wildman–Crippen MR) is 117 cm³/mol. The topological polar surface area (TPSA) is 12.9 Å². The van der Waals surface area contributed by atoms with Crippen molar-refractivity contribution in [2.45, 2.75) is 19.8 Å². The SMILES string of the molecule is CC1=CC=CCC1=C=C1C=Cc2ccccc2C1.c1ccc2scnc2c1. The van der Waals surface area contributed by atoms with Crippen LogP contribution in [-0.4, -0.2) is 4.98 Å². The highest BCUT2D eigenvalue weighted by molar-refractivity contribution is 7.16. The van der Waals surface area contributed by atoms with E-state index in [1.807, 2.05) is 23.7 Å². The Morgan fingerprint density at radius 1 is 1.00 bits per heavy atom. The van der Waals surface area contributed by atoms with Crippen LogP contribution < -0.4 is 0 Å². The lowest BCUT2D eigenvalue weighted by atomic mass is 9.92. The average Bonchev–Trinajstić information content (AvgIpc) is 3.19. The van der Waals surface area contributed by atoms with Gasteiger partial charge < -0.3 is 0 Å². The molecule has 2 aromatic carbocycles. The fourth-order valence-electron chi connectivity index (χ4n) is 3.20. The number of benzene rings is 2. The van der Waals surface area contributed by atoms with Crippen molar-refractivity contribution in [1.82, 2.24) is 4.98 Å². The zero-order chi connectivity index (χ0) is 18.5. The molecule has 0 saturated carbocycles. The number of rotatable bonds is 0. The molecule has 0 unspecified atom stereocenters. The van der Waals surface area contributed by atoms with Crippen molar-refractivity contribution in [2.75, 3.05) is 0 Å². The summed E-state index contributed by atoms with van der Waals surface area (Å²) in [5, 5.41) is 0. The number of hydrogen-bond donors (Lipinski definition) is 0. The van der Waals surface area contributed by atoms with E-state index >= 15 is 0 Å². The van der Waals surface area contributed by atoms with Gasteiger partial charge in [-0.1, -0.05) is 66.8 Å². The quantitative estimate of drug-likeness (QED) is 0.393. The molecule has 132 valence electrons. The van der Waals surface area contributed by atoms with E-state index in [1.165, 1.54) is 32.5 Å². The maximum Gasteiger partial charge on any atom is 0.0812 e. The van der Waals surface area contributed by atoms with Gasteiger partial charge in [0.1, 0.15) is 0 Å². The zero-order valence-electron chi connectivity index (χ0n) is 15.4. The molecule has 1 heterocycles. The summed E-state index contributed by atoms with van der Waals surface area (Å²) >= 11 is 1.68. The van der Waals surface area contributed by atoms with Crippen LogP contribution in [0, 0.1) is 0 Å². The second kappa shape index (κ2) is 8.18. The number of fused-ring (bicyclic) bond motifs is 2. The van der Waals surface area contributed by atoms with Gasteiger partial charge in [0.05, 0.1) is 15.7 Å². The zero-order valence-corrected chi connectivity index (χ0v) is 16.2. The number of allylic oxidation sites excluding steroid dienone is 6. The fourth-order valence-corrected chi connectivity index (χ4v) is 3.88. The first-order valence-electron chi connectivity index (χ1n) is 9.16. The molecule has 2 heteroatoms. The lowest BCUT2D eigenvalue weighted by molar-refractivity contribution is 1.14. The molecule has 2 aliphatic carbocycles. The third kappa shape index (κ3) is 4.25. The molecule has 0 spiro atoms. The van der Waals surface area contributed by atoms with Crippen molar-refractivity contribution in [2.24, 2.45) is 0 Å². The Hall–Kier alpha value is -2.93. The summed E-state index contributed by atoms with van der Waals surface area (Å²) in [6.07, 6.45) is 12.9. The van der Waals surface area contributed by atoms with Crippen LogP contribution in [0.2, 0.25) is 0 Å². The molecular weight excluding hydrogens is 346 g/mol. The minimum Gasteiger partial charge on any atom is -0.245 e. The Balaban J connectivity index is 0.000000167. The molecule has 0 saturated heterocycles. The molecule has 2 aliphatic rings. The highest BCUT2D eigenvalue weighted by Crippen LogP contribution is 2.24. The van der Waals surface area contributed by atoms with Crippen molar-refractivity contribution in [3.05, 3.63) is 112 Å². The Labute approximate surface area is 164 Å². The van der Waals surface area contributed by atoms with Crippen LogP contribution in [0.25, 0.3) is 16.3 Å². The van der Waals surface area contributed by atoms with Crippen LogP contribution in [0.1, 0.15) is 24.5 Å². The maximum absolute atomic E-state index is 4.14. The van der Waals surface area contributed by atoms with Crippen molar-refractivity contribution in [1.29, 1.82) is 0 Å². The Bertz CT molecular complexity index is 1090. The van der Waals surface area contributed by atoms with Crippen molar-refractivity contribution in [3.8, 4) is 0 Å². The summed E-state index contributed by atoms with van der Waals surface area (Å²) in [6.45, 7) is 2.16. The molecular formula is C25H21NS. The summed E-state index contributed by atoms with van der Waals surface area (Å²) in [5.74, 6) is 0. The first-order chi connectivity index (χ1) is 13.3. The van der Waals surface area contributed by atoms with Gasteiger partial charge in [0.25, 0.3) is 0 Å². The molecule has 27 heavy (non-hydrogen) atoms. The highest BCUT2D eigenvalue weighted by Gasteiger charge is 2.07. The molecule has 1 nitrogen and oxygen atoms in total. The van der Waals surface area contributed by atoms with Gasteiger partial charge in [-0.25, -0.2) is 4.98 Å². The number of aromatic nitrogens is 1. The minimum atomic E-state index is 0.993. The monoisotopic (exact) mass is 367 g/mol. The van der Waals surface area contributed by atoms with Crippen LogP contribution in [0.4, 0.5) is 0 Å². The van der Waals surface area contributed by atoms with Crippen LogP contribution >= 0.6 is 11.3 Å². The van der Waals surface area contributed by atoms with E-state index in [4.69, 9.17) is 0 Å². The normalized spacial score (nSPS) is 14.9. The van der Waals surface area contributed by atoms with Gasteiger partial charge >= 0.3 is 0 Å². The molecule has 0 amide bonds. The summed E-state index contributed by atoms with van der Waals surface area (Å²) < 4.78 is 1.26. The molecule has 1 aromatic heterocycles. The van der Waals surface area contributed by atoms with E-state index in [9.17, 15) is 0 Å². The minimum absolute atomic E-state index is 0.993. The van der Waals surface area contributed by atoms with Gasteiger partial charge in [0.2, 0.25) is 0 Å². The number of thiazole rings is 1. The third-order valence-electron chi connectivity index (χ3n) is 4.73. The molecule has 0 radical (unpaired) electrons. The lowest BCUT2D eigenvalue weighted by Gasteiger charge is -2.12. The van der Waals surface area contributed by atoms with Crippen LogP contribution in [-0.2, 0) is 6.42 Å². The third-order valence-corrected chi connectivity index (χ3v) is 5.54. The number of hydrogen-bond acceptors (Lipinski definition) is 2. The maximum atomic E-state index is 4.14. The van der Waals surface area contributed by atoms with E-state index in [-0.39, 0.29) is 0 Å². The summed E-state index contributed by atoms with van der Waals surface area (Å²) in [5.41, 5.74) is 13.2. The van der Waals surface area contributed by atoms with Gasteiger partial charge in [0, 0.05) is 12.0 Å². The van der Waals surface area contributed by atoms with Gasteiger partial charge in [-0.05, 0) is 47.8 Å². The van der Waals surface area contributed by atoms with Gasteiger partial charge in [-0.3, -0.25) is 0 Å². The van der Waals surface area contributed by atoms with Crippen LogP contribution in [0.5, 0.6) is 0 Å². The Morgan fingerprint density at radius 3 is 2.74 bits per heavy atom. The van der Waals surface area contributed by atoms with Crippen molar-refractivity contribution < 1.29 is 0 Å². The molecule has 3 aromatic rings. The number of para-hydroxylation sites is 1. The van der Waals surface area contributed by atoms with E-state index < -0.39 is 0 Å². The first kappa shape index (κ1) is 17.5. The molecule has 0 aliphatic heterocycles. The van der Waals surface area contributed by atoms with E-state index in [0.29, 0.717) is 0 Å². The van der Waals surface area contributed by atoms with Gasteiger partial charge in [0.15, 0.2) is 0 Å². The standard InChI is InChI=1S/C18H16.C7H5NS/c1-14-6-2-3-8-17(14)12-15-10-11-16-7-4-5-9-18(16)13-15;1-2-4-7-6(3-1)8-5-9-7/h2-7,9-11H,8,13H2,1H3;1-5H. The molecule has 5 rings (SSSR count). The van der Waals surface area contributed by atoms with E-state index in [2.05, 4.69) is 78.4 Å². The largest absolute Gasteiger partial charge is 0.245 e. The summed E-state index contributed by atoms with van der Waals surface area (Å²) in [6, 6.07) is 16.7. The Morgan fingerprint density at radius 2 is 1.85 bits per heavy atom. The summed E-state index contributed by atoms with van der Waals surface area (Å²) in [7, 11) is 0. The average molecular weight is 368 g/mol. The second-order valence-electron chi connectivity index (χ2n) is 6.64.